The Morgan fingerprint density at radius 1 is 1.41 bits per heavy atom. The number of anilines is 1. The molecule has 0 spiro atoms. The van der Waals surface area contributed by atoms with Crippen molar-refractivity contribution in [3.63, 3.8) is 0 Å². The Morgan fingerprint density at radius 3 is 3.00 bits per heavy atom. The molecule has 1 unspecified atom stereocenters. The number of hydrogen-bond acceptors (Lipinski definition) is 3. The third-order valence-corrected chi connectivity index (χ3v) is 4.23. The summed E-state index contributed by atoms with van der Waals surface area (Å²) < 4.78 is 1.97. The molecule has 1 aromatic carbocycles. The fourth-order valence-corrected chi connectivity index (χ4v) is 3.47. The van der Waals surface area contributed by atoms with Crippen LogP contribution < -0.4 is 5.73 Å². The van der Waals surface area contributed by atoms with Crippen molar-refractivity contribution in [1.82, 2.24) is 9.78 Å². The molecule has 4 heteroatoms. The highest BCUT2D eigenvalue weighted by molar-refractivity contribution is 7.99. The Hall–Kier alpha value is -1.42. The number of nitrogens with two attached hydrogens (primary N) is 1. The summed E-state index contributed by atoms with van der Waals surface area (Å²) in [6, 6.07) is 10.8. The van der Waals surface area contributed by atoms with Crippen molar-refractivity contribution in [2.24, 2.45) is 0 Å². The van der Waals surface area contributed by atoms with E-state index in [1.54, 1.807) is 0 Å². The topological polar surface area (TPSA) is 43.8 Å². The maximum Gasteiger partial charge on any atom is 0.122 e. The van der Waals surface area contributed by atoms with Gasteiger partial charge in [0.2, 0.25) is 0 Å². The smallest absolute Gasteiger partial charge is 0.122 e. The molecule has 0 saturated heterocycles. The average molecular weight is 245 g/mol. The normalized spacial score (nSPS) is 19.0. The van der Waals surface area contributed by atoms with Crippen LogP contribution in [0.15, 0.2) is 35.2 Å². The summed E-state index contributed by atoms with van der Waals surface area (Å²) in [4.78, 5) is 1.36. The van der Waals surface area contributed by atoms with E-state index in [1.165, 1.54) is 10.5 Å². The molecule has 0 amide bonds. The van der Waals surface area contributed by atoms with Crippen LogP contribution in [-0.4, -0.2) is 15.5 Å². The average Bonchev–Trinajstić information content (AvgIpc) is 2.68. The zero-order chi connectivity index (χ0) is 11.8. The SMILES string of the molecule is Cc1cc(N)n(C2CCSc3ccccc32)n1. The Labute approximate surface area is 105 Å². The van der Waals surface area contributed by atoms with Gasteiger partial charge in [0, 0.05) is 16.7 Å². The minimum absolute atomic E-state index is 0.293. The quantitative estimate of drug-likeness (QED) is 0.840. The van der Waals surface area contributed by atoms with E-state index < -0.39 is 0 Å². The second-order valence-electron chi connectivity index (χ2n) is 4.35. The van der Waals surface area contributed by atoms with E-state index >= 15 is 0 Å². The van der Waals surface area contributed by atoms with Crippen molar-refractivity contribution in [2.45, 2.75) is 24.3 Å². The largest absolute Gasteiger partial charge is 0.384 e. The van der Waals surface area contributed by atoms with Gasteiger partial charge in [-0.1, -0.05) is 18.2 Å². The predicted octanol–water partition coefficient (Wildman–Crippen LogP) is 2.86. The van der Waals surface area contributed by atoms with E-state index in [0.717, 1.165) is 23.7 Å². The molecule has 0 saturated carbocycles. The molecule has 88 valence electrons. The first-order chi connectivity index (χ1) is 8.25. The van der Waals surface area contributed by atoms with Crippen molar-refractivity contribution in [3.8, 4) is 0 Å². The van der Waals surface area contributed by atoms with Gasteiger partial charge in [-0.15, -0.1) is 11.8 Å². The number of rotatable bonds is 1. The van der Waals surface area contributed by atoms with Crippen molar-refractivity contribution in [1.29, 1.82) is 0 Å². The van der Waals surface area contributed by atoms with Gasteiger partial charge in [-0.2, -0.15) is 5.10 Å². The number of benzene rings is 1. The third kappa shape index (κ3) is 1.82. The molecule has 1 atom stereocenters. The fourth-order valence-electron chi connectivity index (χ4n) is 2.36. The summed E-state index contributed by atoms with van der Waals surface area (Å²) >= 11 is 1.92. The number of aromatic nitrogens is 2. The molecule has 0 fully saturated rings. The van der Waals surface area contributed by atoms with E-state index in [2.05, 4.69) is 29.4 Å². The molecule has 17 heavy (non-hydrogen) atoms. The molecule has 2 N–H and O–H groups in total. The van der Waals surface area contributed by atoms with E-state index in [4.69, 9.17) is 5.73 Å². The first-order valence-electron chi connectivity index (χ1n) is 5.79. The molecule has 3 nitrogen and oxygen atoms in total. The van der Waals surface area contributed by atoms with Crippen LogP contribution in [0.2, 0.25) is 0 Å². The van der Waals surface area contributed by atoms with Crippen molar-refractivity contribution in [2.75, 3.05) is 11.5 Å². The third-order valence-electron chi connectivity index (χ3n) is 3.11. The maximum atomic E-state index is 6.02. The van der Waals surface area contributed by atoms with Gasteiger partial charge in [-0.3, -0.25) is 0 Å². The second kappa shape index (κ2) is 4.11. The van der Waals surface area contributed by atoms with Gasteiger partial charge in [0.1, 0.15) is 5.82 Å². The summed E-state index contributed by atoms with van der Waals surface area (Å²) in [5.74, 6) is 1.88. The van der Waals surface area contributed by atoms with Crippen LogP contribution in [0.3, 0.4) is 0 Å². The summed E-state index contributed by atoms with van der Waals surface area (Å²) in [6.45, 7) is 1.98. The highest BCUT2D eigenvalue weighted by Crippen LogP contribution is 2.38. The number of nitrogen functional groups attached to an aromatic ring is 1. The van der Waals surface area contributed by atoms with Crippen molar-refractivity contribution in [3.05, 3.63) is 41.6 Å². The Balaban J connectivity index is 2.09. The molecule has 0 aliphatic carbocycles. The number of thioether (sulfide) groups is 1. The van der Waals surface area contributed by atoms with Gasteiger partial charge in [0.15, 0.2) is 0 Å². The van der Waals surface area contributed by atoms with Gasteiger partial charge < -0.3 is 5.73 Å². The Morgan fingerprint density at radius 2 is 2.24 bits per heavy atom. The molecule has 0 radical (unpaired) electrons. The molecule has 1 aromatic heterocycles. The van der Waals surface area contributed by atoms with E-state index in [9.17, 15) is 0 Å². The number of fused-ring (bicyclic) bond motifs is 1. The molecule has 2 heterocycles. The van der Waals surface area contributed by atoms with E-state index in [-0.39, 0.29) is 0 Å². The van der Waals surface area contributed by atoms with Crippen LogP contribution in [0.25, 0.3) is 0 Å². The van der Waals surface area contributed by atoms with Crippen molar-refractivity contribution < 1.29 is 0 Å². The number of nitrogens with zero attached hydrogens (tertiary/aromatic N) is 2. The Kier molecular flexibility index (Phi) is 2.59. The van der Waals surface area contributed by atoms with Crippen molar-refractivity contribution >= 4 is 17.6 Å². The van der Waals surface area contributed by atoms with Gasteiger partial charge >= 0.3 is 0 Å². The summed E-state index contributed by atoms with van der Waals surface area (Å²) in [6.07, 6.45) is 1.09. The summed E-state index contributed by atoms with van der Waals surface area (Å²) in [5, 5.41) is 4.52. The molecule has 2 aromatic rings. The lowest BCUT2D eigenvalue weighted by Gasteiger charge is -2.25. The number of hydrogen-bond donors (Lipinski definition) is 1. The minimum atomic E-state index is 0.293. The van der Waals surface area contributed by atoms with Crippen LogP contribution in [-0.2, 0) is 0 Å². The standard InChI is InChI=1S/C13H15N3S/c1-9-8-13(14)16(15-9)11-6-7-17-12-5-3-2-4-10(11)12/h2-5,8,11H,6-7,14H2,1H3. The highest BCUT2D eigenvalue weighted by Gasteiger charge is 2.23. The monoisotopic (exact) mass is 245 g/mol. The Bertz CT molecular complexity index is 547. The zero-order valence-electron chi connectivity index (χ0n) is 9.76. The van der Waals surface area contributed by atoms with Crippen LogP contribution >= 0.6 is 11.8 Å². The van der Waals surface area contributed by atoms with Gasteiger partial charge in [0.05, 0.1) is 11.7 Å². The lowest BCUT2D eigenvalue weighted by molar-refractivity contribution is 0.504. The summed E-state index contributed by atoms with van der Waals surface area (Å²) in [7, 11) is 0. The van der Waals surface area contributed by atoms with Crippen LogP contribution in [0, 0.1) is 6.92 Å². The fraction of sp³-hybridized carbons (Fsp3) is 0.308. The lowest BCUT2D eigenvalue weighted by Crippen LogP contribution is -2.18. The van der Waals surface area contributed by atoms with E-state index in [1.807, 2.05) is 29.4 Å². The van der Waals surface area contributed by atoms with Crippen LogP contribution in [0.4, 0.5) is 5.82 Å². The first-order valence-corrected chi connectivity index (χ1v) is 6.77. The molecule has 3 rings (SSSR count). The molecule has 0 bridgehead atoms. The minimum Gasteiger partial charge on any atom is -0.384 e. The zero-order valence-corrected chi connectivity index (χ0v) is 10.6. The first kappa shape index (κ1) is 10.7. The van der Waals surface area contributed by atoms with E-state index in [0.29, 0.717) is 6.04 Å². The number of aryl methyl sites for hydroxylation is 1. The van der Waals surface area contributed by atoms with Crippen LogP contribution in [0.1, 0.15) is 23.7 Å². The maximum absolute atomic E-state index is 6.02. The second-order valence-corrected chi connectivity index (χ2v) is 5.48. The highest BCUT2D eigenvalue weighted by atomic mass is 32.2. The van der Waals surface area contributed by atoms with Gasteiger partial charge in [-0.05, 0) is 25.0 Å². The van der Waals surface area contributed by atoms with Gasteiger partial charge in [0.25, 0.3) is 0 Å². The van der Waals surface area contributed by atoms with Crippen LogP contribution in [0.5, 0.6) is 0 Å². The van der Waals surface area contributed by atoms with Gasteiger partial charge in [-0.25, -0.2) is 4.68 Å². The lowest BCUT2D eigenvalue weighted by atomic mass is 10.0. The molecule has 1 aliphatic rings. The summed E-state index contributed by atoms with van der Waals surface area (Å²) in [5.41, 5.74) is 8.35. The predicted molar refractivity (Wildman–Crippen MR) is 71.3 cm³/mol. The molecule has 1 aliphatic heterocycles. The molecular weight excluding hydrogens is 230 g/mol. The molecular formula is C13H15N3S.